The minimum Gasteiger partial charge on any atom is -0.481 e. The van der Waals surface area contributed by atoms with Crippen molar-refractivity contribution in [2.45, 2.75) is 112 Å². The first-order chi connectivity index (χ1) is 13.9. The summed E-state index contributed by atoms with van der Waals surface area (Å²) in [5, 5.41) is 19.7. The van der Waals surface area contributed by atoms with Crippen molar-refractivity contribution >= 4 is 5.97 Å². The van der Waals surface area contributed by atoms with Crippen LogP contribution < -0.4 is 0 Å². The Bertz CT molecular complexity index is 690. The molecule has 4 aliphatic rings. The molecule has 0 heterocycles. The molecule has 2 N–H and O–H groups in total. The zero-order valence-electron chi connectivity index (χ0n) is 20.3. The number of carboxylic acids is 1. The maximum absolute atomic E-state index is 11.2. The van der Waals surface area contributed by atoms with E-state index in [2.05, 4.69) is 41.5 Å². The number of fused-ring (bicyclic) bond motifs is 5. The van der Waals surface area contributed by atoms with Gasteiger partial charge in [-0.2, -0.15) is 0 Å². The number of carbonyl (C=O) groups is 1. The second-order valence-corrected chi connectivity index (χ2v) is 13.0. The number of carboxylic acid groups (broad SMARTS) is 1. The highest BCUT2D eigenvalue weighted by Gasteiger charge is 2.70. The molecular formula is C27H46O3. The van der Waals surface area contributed by atoms with Gasteiger partial charge in [-0.15, -0.1) is 0 Å². The van der Waals surface area contributed by atoms with Gasteiger partial charge in [0, 0.05) is 6.42 Å². The van der Waals surface area contributed by atoms with Crippen LogP contribution in [0.1, 0.15) is 106 Å². The fraction of sp³-hybridized carbons (Fsp3) is 0.963. The summed E-state index contributed by atoms with van der Waals surface area (Å²) in [4.78, 5) is 11.2. The Morgan fingerprint density at radius 1 is 0.933 bits per heavy atom. The fourth-order valence-corrected chi connectivity index (χ4v) is 10.0. The van der Waals surface area contributed by atoms with Crippen LogP contribution in [0.15, 0.2) is 0 Å². The number of hydrogen-bond donors (Lipinski definition) is 2. The molecular weight excluding hydrogens is 372 g/mol. The Balaban J connectivity index is 1.66. The lowest BCUT2D eigenvalue weighted by Crippen LogP contribution is -2.64. The molecule has 4 aliphatic carbocycles. The van der Waals surface area contributed by atoms with Crippen LogP contribution in [0.5, 0.6) is 0 Å². The predicted octanol–water partition coefficient (Wildman–Crippen LogP) is 6.53. The van der Waals surface area contributed by atoms with E-state index in [9.17, 15) is 15.0 Å². The molecule has 3 nitrogen and oxygen atoms in total. The van der Waals surface area contributed by atoms with Crippen LogP contribution in [-0.4, -0.2) is 22.3 Å². The van der Waals surface area contributed by atoms with Gasteiger partial charge in [-0.3, -0.25) is 4.79 Å². The molecule has 4 saturated carbocycles. The van der Waals surface area contributed by atoms with E-state index in [4.69, 9.17) is 0 Å². The Morgan fingerprint density at radius 2 is 1.53 bits per heavy atom. The van der Waals surface area contributed by atoms with Gasteiger partial charge in [-0.1, -0.05) is 41.5 Å². The van der Waals surface area contributed by atoms with Crippen LogP contribution in [0.4, 0.5) is 0 Å². The topological polar surface area (TPSA) is 57.5 Å². The largest absolute Gasteiger partial charge is 0.481 e. The van der Waals surface area contributed by atoms with Gasteiger partial charge in [-0.05, 0) is 109 Å². The summed E-state index contributed by atoms with van der Waals surface area (Å²) in [6.45, 7) is 15.2. The maximum atomic E-state index is 11.2. The third kappa shape index (κ3) is 2.89. The van der Waals surface area contributed by atoms with Gasteiger partial charge in [0.25, 0.3) is 0 Å². The molecule has 4 rings (SSSR count). The van der Waals surface area contributed by atoms with E-state index in [-0.39, 0.29) is 6.10 Å². The first-order valence-electron chi connectivity index (χ1n) is 12.8. The van der Waals surface area contributed by atoms with Gasteiger partial charge in [0.1, 0.15) is 0 Å². The quantitative estimate of drug-likeness (QED) is 0.545. The fourth-order valence-electron chi connectivity index (χ4n) is 10.0. The minimum absolute atomic E-state index is 0.0962. The molecule has 0 radical (unpaired) electrons. The molecule has 0 spiro atoms. The first kappa shape index (κ1) is 22.6. The molecule has 0 saturated heterocycles. The van der Waals surface area contributed by atoms with Gasteiger partial charge in [0.15, 0.2) is 0 Å². The molecule has 0 aromatic carbocycles. The average molecular weight is 419 g/mol. The molecule has 0 amide bonds. The molecule has 10 atom stereocenters. The van der Waals surface area contributed by atoms with E-state index in [0.29, 0.717) is 51.8 Å². The van der Waals surface area contributed by atoms with E-state index in [1.165, 1.54) is 38.5 Å². The average Bonchev–Trinajstić information content (AvgIpc) is 2.95. The van der Waals surface area contributed by atoms with Gasteiger partial charge in [-0.25, -0.2) is 0 Å². The van der Waals surface area contributed by atoms with Gasteiger partial charge >= 0.3 is 5.97 Å². The highest BCUT2D eigenvalue weighted by molar-refractivity contribution is 5.66. The second kappa shape index (κ2) is 7.22. The van der Waals surface area contributed by atoms with Gasteiger partial charge in [0.05, 0.1) is 6.10 Å². The summed E-state index contributed by atoms with van der Waals surface area (Å²) in [6.07, 6.45) is 10.7. The summed E-state index contributed by atoms with van der Waals surface area (Å²) >= 11 is 0. The first-order valence-corrected chi connectivity index (χ1v) is 12.8. The van der Waals surface area contributed by atoms with Crippen molar-refractivity contribution in [3.8, 4) is 0 Å². The molecule has 30 heavy (non-hydrogen) atoms. The number of aliphatic hydroxyl groups is 1. The molecule has 172 valence electrons. The summed E-state index contributed by atoms with van der Waals surface area (Å²) in [5.74, 6) is 2.58. The molecule has 0 aromatic rings. The third-order valence-corrected chi connectivity index (χ3v) is 12.2. The smallest absolute Gasteiger partial charge is 0.303 e. The molecule has 0 aromatic heterocycles. The van der Waals surface area contributed by atoms with E-state index in [0.717, 1.165) is 25.2 Å². The second-order valence-electron chi connectivity index (χ2n) is 13.0. The van der Waals surface area contributed by atoms with Crippen molar-refractivity contribution in [2.24, 2.45) is 51.2 Å². The Morgan fingerprint density at radius 3 is 2.20 bits per heavy atom. The number of hydrogen-bond acceptors (Lipinski definition) is 2. The van der Waals surface area contributed by atoms with Crippen molar-refractivity contribution in [3.63, 3.8) is 0 Å². The lowest BCUT2D eigenvalue weighted by molar-refractivity contribution is -0.231. The van der Waals surface area contributed by atoms with Crippen LogP contribution in [0.2, 0.25) is 0 Å². The Kier molecular flexibility index (Phi) is 5.44. The van der Waals surface area contributed by atoms with E-state index >= 15 is 0 Å². The highest BCUT2D eigenvalue weighted by atomic mass is 16.4. The van der Waals surface area contributed by atoms with Crippen LogP contribution in [0.3, 0.4) is 0 Å². The monoisotopic (exact) mass is 418 g/mol. The van der Waals surface area contributed by atoms with Crippen molar-refractivity contribution in [1.82, 2.24) is 0 Å². The zero-order valence-corrected chi connectivity index (χ0v) is 20.3. The van der Waals surface area contributed by atoms with Gasteiger partial charge in [0.2, 0.25) is 0 Å². The van der Waals surface area contributed by atoms with Crippen LogP contribution >= 0.6 is 0 Å². The SMILES string of the molecule is C[C@H](CCC(=O)O)[C@H]1CC[C@@]2(C)[C@@H]3C[C@H](C)[C@@H]4C[C@H](O)CC[C@]4(C)[C@@]3(C)CC[C@]12C. The van der Waals surface area contributed by atoms with E-state index < -0.39 is 5.97 Å². The normalized spacial score (nSPS) is 54.0. The summed E-state index contributed by atoms with van der Waals surface area (Å²) in [5.41, 5.74) is 1.37. The van der Waals surface area contributed by atoms with E-state index in [1.807, 2.05) is 0 Å². The Hall–Kier alpha value is -0.570. The summed E-state index contributed by atoms with van der Waals surface area (Å²) in [6, 6.07) is 0. The highest BCUT2D eigenvalue weighted by Crippen LogP contribution is 2.78. The van der Waals surface area contributed by atoms with Crippen molar-refractivity contribution in [3.05, 3.63) is 0 Å². The Labute approximate surface area is 184 Å². The molecule has 3 heteroatoms. The summed E-state index contributed by atoms with van der Waals surface area (Å²) < 4.78 is 0. The number of aliphatic hydroxyl groups excluding tert-OH is 1. The van der Waals surface area contributed by atoms with Crippen molar-refractivity contribution in [2.75, 3.05) is 0 Å². The maximum Gasteiger partial charge on any atom is 0.303 e. The van der Waals surface area contributed by atoms with Crippen LogP contribution in [-0.2, 0) is 4.79 Å². The van der Waals surface area contributed by atoms with Crippen molar-refractivity contribution < 1.29 is 15.0 Å². The third-order valence-electron chi connectivity index (χ3n) is 12.2. The zero-order chi connectivity index (χ0) is 22.1. The molecule has 4 fully saturated rings. The summed E-state index contributed by atoms with van der Waals surface area (Å²) in [7, 11) is 0. The molecule has 0 aliphatic heterocycles. The molecule has 0 unspecified atom stereocenters. The number of rotatable bonds is 4. The molecule has 0 bridgehead atoms. The predicted molar refractivity (Wildman–Crippen MR) is 121 cm³/mol. The standard InChI is InChI=1S/C27H46O3/c1-17(7-8-23(29)30)20-10-12-26(5)22-15-18(2)21-16-19(28)9-11-24(21,3)27(22,6)14-13-25(20,26)4/h17-22,28H,7-16H2,1-6H3,(H,29,30)/t17-,18+,19-,20-,21+,22+,24+,25-,26+,27+/m1/s1. The van der Waals surface area contributed by atoms with Crippen LogP contribution in [0.25, 0.3) is 0 Å². The lowest BCUT2D eigenvalue weighted by Gasteiger charge is -2.71. The number of aliphatic carboxylic acids is 1. The van der Waals surface area contributed by atoms with Crippen molar-refractivity contribution in [1.29, 1.82) is 0 Å². The van der Waals surface area contributed by atoms with Gasteiger partial charge < -0.3 is 10.2 Å². The van der Waals surface area contributed by atoms with Crippen LogP contribution in [0, 0.1) is 51.2 Å². The lowest BCUT2D eigenvalue weighted by atomic mass is 9.33. The minimum atomic E-state index is -0.650. The van der Waals surface area contributed by atoms with E-state index in [1.54, 1.807) is 0 Å².